The molecule has 0 radical (unpaired) electrons. The highest BCUT2D eigenvalue weighted by Gasteiger charge is 2.31. The smallest absolute Gasteiger partial charge is 0.261 e. The lowest BCUT2D eigenvalue weighted by Crippen LogP contribution is -2.44. The van der Waals surface area contributed by atoms with Crippen molar-refractivity contribution in [2.75, 3.05) is 13.7 Å². The van der Waals surface area contributed by atoms with E-state index in [9.17, 15) is 14.0 Å². The van der Waals surface area contributed by atoms with E-state index in [1.165, 1.54) is 24.1 Å². The van der Waals surface area contributed by atoms with Gasteiger partial charge in [0.25, 0.3) is 5.91 Å². The Morgan fingerprint density at radius 1 is 1.00 bits per heavy atom. The highest BCUT2D eigenvalue weighted by Crippen LogP contribution is 2.26. The maximum atomic E-state index is 13.4. The molecule has 1 N–H and O–H groups in total. The third kappa shape index (κ3) is 5.83. The first-order chi connectivity index (χ1) is 15.0. The summed E-state index contributed by atoms with van der Waals surface area (Å²) in [5, 5.41) is 3.00. The first-order valence-electron chi connectivity index (χ1n) is 9.67. The Balaban J connectivity index is 1.92. The molecule has 0 aliphatic carbocycles. The van der Waals surface area contributed by atoms with Crippen molar-refractivity contribution in [2.24, 2.45) is 0 Å². The molecule has 0 bridgehead atoms. The number of para-hydroxylation sites is 1. The molecule has 31 heavy (non-hydrogen) atoms. The van der Waals surface area contributed by atoms with Crippen molar-refractivity contribution in [1.82, 2.24) is 10.2 Å². The molecule has 160 valence electrons. The number of hydrogen-bond donors (Lipinski definition) is 1. The fourth-order valence-corrected chi connectivity index (χ4v) is 3.33. The molecule has 2 amide bonds. The van der Waals surface area contributed by atoms with Crippen LogP contribution in [0.2, 0.25) is 5.02 Å². The number of hydrogen-bond acceptors (Lipinski definition) is 3. The van der Waals surface area contributed by atoms with Gasteiger partial charge in [0.2, 0.25) is 5.91 Å². The van der Waals surface area contributed by atoms with Crippen LogP contribution in [-0.4, -0.2) is 30.4 Å². The predicted octanol–water partition coefficient (Wildman–Crippen LogP) is 4.37. The Morgan fingerprint density at radius 3 is 2.29 bits per heavy atom. The molecule has 1 atom stereocenters. The quantitative estimate of drug-likeness (QED) is 0.565. The number of nitrogens with one attached hydrogen (secondary N) is 1. The maximum absolute atomic E-state index is 13.4. The summed E-state index contributed by atoms with van der Waals surface area (Å²) in [5.74, 6) is -0.772. The van der Waals surface area contributed by atoms with E-state index in [1.54, 1.807) is 60.7 Å². The van der Waals surface area contributed by atoms with Crippen molar-refractivity contribution in [3.8, 4) is 5.75 Å². The van der Waals surface area contributed by atoms with Crippen molar-refractivity contribution in [3.05, 3.63) is 101 Å². The van der Waals surface area contributed by atoms with Crippen molar-refractivity contribution in [3.63, 3.8) is 0 Å². The number of carbonyl (C=O) groups excluding carboxylic acids is 2. The van der Waals surface area contributed by atoms with E-state index in [4.69, 9.17) is 16.3 Å². The van der Waals surface area contributed by atoms with E-state index in [0.717, 1.165) is 0 Å². The third-order valence-electron chi connectivity index (χ3n) is 4.70. The molecule has 0 spiro atoms. The number of halogens is 2. The molecular weight excluding hydrogens is 419 g/mol. The largest absolute Gasteiger partial charge is 0.482 e. The third-order valence-corrected chi connectivity index (χ3v) is 5.01. The summed E-state index contributed by atoms with van der Waals surface area (Å²) in [5.41, 5.74) is 1.33. The van der Waals surface area contributed by atoms with Gasteiger partial charge in [-0.3, -0.25) is 9.59 Å². The molecule has 0 fully saturated rings. The van der Waals surface area contributed by atoms with Crippen LogP contribution in [0.15, 0.2) is 78.9 Å². The van der Waals surface area contributed by atoms with Crippen LogP contribution in [-0.2, 0) is 16.1 Å². The van der Waals surface area contributed by atoms with Gasteiger partial charge in [0.05, 0.1) is 5.02 Å². The van der Waals surface area contributed by atoms with Crippen molar-refractivity contribution in [1.29, 1.82) is 0 Å². The number of carbonyl (C=O) groups is 2. The van der Waals surface area contributed by atoms with Crippen LogP contribution in [0.1, 0.15) is 17.2 Å². The minimum atomic E-state index is -0.890. The molecule has 0 aliphatic rings. The molecule has 3 aromatic carbocycles. The van der Waals surface area contributed by atoms with E-state index < -0.39 is 11.9 Å². The summed E-state index contributed by atoms with van der Waals surface area (Å²) in [7, 11) is 1.51. The fourth-order valence-electron chi connectivity index (χ4n) is 3.14. The minimum Gasteiger partial charge on any atom is -0.482 e. The highest BCUT2D eigenvalue weighted by molar-refractivity contribution is 6.32. The van der Waals surface area contributed by atoms with Crippen LogP contribution < -0.4 is 10.1 Å². The zero-order valence-electron chi connectivity index (χ0n) is 16.9. The normalized spacial score (nSPS) is 11.5. The number of likely N-dealkylation sites (N-methyl/N-ethyl adjacent to an activating group) is 1. The predicted molar refractivity (Wildman–Crippen MR) is 117 cm³/mol. The van der Waals surface area contributed by atoms with Gasteiger partial charge >= 0.3 is 0 Å². The average Bonchev–Trinajstić information content (AvgIpc) is 2.79. The second kappa shape index (κ2) is 10.6. The Morgan fingerprint density at radius 2 is 1.65 bits per heavy atom. The van der Waals surface area contributed by atoms with Gasteiger partial charge in [0, 0.05) is 13.6 Å². The zero-order chi connectivity index (χ0) is 22.2. The highest BCUT2D eigenvalue weighted by atomic mass is 35.5. The summed E-state index contributed by atoms with van der Waals surface area (Å²) in [6.45, 7) is -0.219. The molecule has 1 unspecified atom stereocenters. The topological polar surface area (TPSA) is 58.6 Å². The summed E-state index contributed by atoms with van der Waals surface area (Å²) in [6, 6.07) is 20.7. The molecule has 0 heterocycles. The van der Waals surface area contributed by atoms with Gasteiger partial charge in [-0.15, -0.1) is 0 Å². The number of nitrogens with zero attached hydrogens (tertiary/aromatic N) is 1. The summed E-state index contributed by atoms with van der Waals surface area (Å²) >= 11 is 6.11. The van der Waals surface area contributed by atoms with Gasteiger partial charge in [0.15, 0.2) is 6.61 Å². The molecule has 0 saturated heterocycles. The number of ether oxygens (including phenoxy) is 1. The first kappa shape index (κ1) is 22.3. The van der Waals surface area contributed by atoms with E-state index in [2.05, 4.69) is 5.32 Å². The van der Waals surface area contributed by atoms with Crippen LogP contribution in [0, 0.1) is 5.82 Å². The average molecular weight is 441 g/mol. The lowest BCUT2D eigenvalue weighted by molar-refractivity contribution is -0.143. The standard InChI is InChI=1S/C24H22ClFN2O3/c1-27-24(30)23(18-7-3-2-4-8-18)28(15-17-11-13-19(26)14-12-17)22(29)16-31-21-10-6-5-9-20(21)25/h2-14,23H,15-16H2,1H3,(H,27,30). The molecule has 0 aromatic heterocycles. The lowest BCUT2D eigenvalue weighted by atomic mass is 10.0. The maximum Gasteiger partial charge on any atom is 0.261 e. The molecule has 0 saturated carbocycles. The van der Waals surface area contributed by atoms with Crippen LogP contribution in [0.5, 0.6) is 5.75 Å². The number of amides is 2. The molecule has 3 rings (SSSR count). The van der Waals surface area contributed by atoms with E-state index in [-0.39, 0.29) is 24.9 Å². The van der Waals surface area contributed by atoms with Gasteiger partial charge in [-0.2, -0.15) is 0 Å². The Bertz CT molecular complexity index is 1030. The molecule has 7 heteroatoms. The number of rotatable bonds is 8. The monoisotopic (exact) mass is 440 g/mol. The second-order valence-electron chi connectivity index (χ2n) is 6.79. The first-order valence-corrected chi connectivity index (χ1v) is 10.0. The van der Waals surface area contributed by atoms with Crippen LogP contribution in [0.25, 0.3) is 0 Å². The Kier molecular flexibility index (Phi) is 7.62. The SMILES string of the molecule is CNC(=O)C(c1ccccc1)N(Cc1ccc(F)cc1)C(=O)COc1ccccc1Cl. The van der Waals surface area contributed by atoms with E-state index in [1.807, 2.05) is 6.07 Å². The summed E-state index contributed by atoms with van der Waals surface area (Å²) < 4.78 is 19.0. The second-order valence-corrected chi connectivity index (χ2v) is 7.20. The minimum absolute atomic E-state index is 0.0952. The summed E-state index contributed by atoms with van der Waals surface area (Å²) in [4.78, 5) is 27.5. The Labute approximate surface area is 185 Å². The number of benzene rings is 3. The van der Waals surface area contributed by atoms with Gasteiger partial charge in [-0.25, -0.2) is 4.39 Å². The fraction of sp³-hybridized carbons (Fsp3) is 0.167. The van der Waals surface area contributed by atoms with Crippen LogP contribution in [0.3, 0.4) is 0 Å². The van der Waals surface area contributed by atoms with Crippen molar-refractivity contribution in [2.45, 2.75) is 12.6 Å². The van der Waals surface area contributed by atoms with Gasteiger partial charge in [0.1, 0.15) is 17.6 Å². The summed E-state index contributed by atoms with van der Waals surface area (Å²) in [6.07, 6.45) is 0. The van der Waals surface area contributed by atoms with Crippen LogP contribution >= 0.6 is 11.6 Å². The van der Waals surface area contributed by atoms with Crippen molar-refractivity contribution >= 4 is 23.4 Å². The molecular formula is C24H22ClFN2O3. The van der Waals surface area contributed by atoms with Gasteiger partial charge in [-0.05, 0) is 35.4 Å². The van der Waals surface area contributed by atoms with Gasteiger partial charge < -0.3 is 15.0 Å². The van der Waals surface area contributed by atoms with E-state index in [0.29, 0.717) is 21.9 Å². The van der Waals surface area contributed by atoms with E-state index >= 15 is 0 Å². The lowest BCUT2D eigenvalue weighted by Gasteiger charge is -2.31. The van der Waals surface area contributed by atoms with Crippen molar-refractivity contribution < 1.29 is 18.7 Å². The zero-order valence-corrected chi connectivity index (χ0v) is 17.7. The van der Waals surface area contributed by atoms with Gasteiger partial charge in [-0.1, -0.05) is 66.2 Å². The molecule has 0 aliphatic heterocycles. The molecule has 5 nitrogen and oxygen atoms in total. The van der Waals surface area contributed by atoms with Crippen LogP contribution in [0.4, 0.5) is 4.39 Å². The molecule has 3 aromatic rings. The Hall–Kier alpha value is -3.38.